The van der Waals surface area contributed by atoms with Crippen LogP contribution in [0.1, 0.15) is 36.5 Å². The molecule has 1 atom stereocenters. The minimum absolute atomic E-state index is 0.0825. The molecule has 1 saturated heterocycles. The molecule has 2 heterocycles. The molecule has 2 aliphatic rings. The van der Waals surface area contributed by atoms with Crippen LogP contribution in [0, 0.1) is 0 Å². The lowest BCUT2D eigenvalue weighted by atomic mass is 9.76. The molecule has 0 bridgehead atoms. The van der Waals surface area contributed by atoms with Gasteiger partial charge in [0.05, 0.1) is 5.56 Å². The van der Waals surface area contributed by atoms with E-state index in [1.54, 1.807) is 12.1 Å². The molecule has 160 valence electrons. The highest BCUT2D eigenvalue weighted by atomic mass is 19.4. The predicted octanol–water partition coefficient (Wildman–Crippen LogP) is 4.35. The number of halogens is 3. The summed E-state index contributed by atoms with van der Waals surface area (Å²) in [4.78, 5) is 17.4. The average Bonchev–Trinajstić information content (AvgIpc) is 3.21. The van der Waals surface area contributed by atoms with E-state index < -0.39 is 17.3 Å². The number of nitrogens with zero attached hydrogens (tertiary/aromatic N) is 2. The van der Waals surface area contributed by atoms with Crippen LogP contribution in [0.5, 0.6) is 5.75 Å². The van der Waals surface area contributed by atoms with Gasteiger partial charge in [-0.25, -0.2) is 0 Å². The van der Waals surface area contributed by atoms with Crippen molar-refractivity contribution >= 4 is 11.5 Å². The van der Waals surface area contributed by atoms with Crippen LogP contribution in [0.25, 0.3) is 0 Å². The van der Waals surface area contributed by atoms with Crippen molar-refractivity contribution < 1.29 is 23.1 Å². The van der Waals surface area contributed by atoms with Gasteiger partial charge in [-0.15, -0.1) is 0 Å². The first kappa shape index (κ1) is 20.7. The van der Waals surface area contributed by atoms with Crippen molar-refractivity contribution in [1.82, 2.24) is 4.90 Å². The molecule has 1 N–H and O–H groups in total. The first-order valence-electron chi connectivity index (χ1n) is 10.2. The Hall–Kier alpha value is -2.54. The van der Waals surface area contributed by atoms with Gasteiger partial charge in [-0.1, -0.05) is 12.1 Å². The fourth-order valence-corrected chi connectivity index (χ4v) is 4.89. The lowest BCUT2D eigenvalue weighted by Crippen LogP contribution is -2.60. The maximum absolute atomic E-state index is 13.3. The molecule has 4 nitrogen and oxygen atoms in total. The molecule has 2 aromatic carbocycles. The van der Waals surface area contributed by atoms with Crippen molar-refractivity contribution in [3.63, 3.8) is 0 Å². The molecule has 2 aliphatic heterocycles. The van der Waals surface area contributed by atoms with Crippen LogP contribution in [0.4, 0.5) is 18.9 Å². The van der Waals surface area contributed by atoms with Crippen molar-refractivity contribution in [3.05, 3.63) is 59.2 Å². The summed E-state index contributed by atoms with van der Waals surface area (Å²) in [7, 11) is 0. The van der Waals surface area contributed by atoms with Crippen molar-refractivity contribution in [1.29, 1.82) is 0 Å². The molecule has 0 saturated carbocycles. The summed E-state index contributed by atoms with van der Waals surface area (Å²) in [5.74, 6) is 0.0764. The third-order valence-corrected chi connectivity index (χ3v) is 6.38. The van der Waals surface area contributed by atoms with E-state index in [1.165, 1.54) is 19.1 Å². The monoisotopic (exact) mass is 418 g/mol. The van der Waals surface area contributed by atoms with E-state index in [0.29, 0.717) is 25.2 Å². The third-order valence-electron chi connectivity index (χ3n) is 6.38. The summed E-state index contributed by atoms with van der Waals surface area (Å²) in [6.45, 7) is 4.17. The Bertz CT molecular complexity index is 936. The first-order valence-corrected chi connectivity index (χ1v) is 10.2. The molecule has 0 radical (unpaired) electrons. The van der Waals surface area contributed by atoms with Gasteiger partial charge >= 0.3 is 6.18 Å². The Kier molecular flexibility index (Phi) is 5.26. The van der Waals surface area contributed by atoms with E-state index in [4.69, 9.17) is 0 Å². The van der Waals surface area contributed by atoms with E-state index in [2.05, 4.69) is 4.90 Å². The summed E-state index contributed by atoms with van der Waals surface area (Å²) >= 11 is 0. The smallest absolute Gasteiger partial charge is 0.416 e. The molecule has 0 amide bonds. The van der Waals surface area contributed by atoms with E-state index >= 15 is 0 Å². The van der Waals surface area contributed by atoms with E-state index in [9.17, 15) is 23.1 Å². The Balaban J connectivity index is 1.84. The van der Waals surface area contributed by atoms with Crippen LogP contribution in [0.3, 0.4) is 0 Å². The van der Waals surface area contributed by atoms with Crippen LogP contribution in [0.2, 0.25) is 0 Å². The number of hydrogen-bond donors (Lipinski definition) is 1. The molecule has 1 fully saturated rings. The lowest BCUT2D eigenvalue weighted by Gasteiger charge is -2.49. The average molecular weight is 418 g/mol. The summed E-state index contributed by atoms with van der Waals surface area (Å²) in [5.41, 5.74) is 0.292. The highest BCUT2D eigenvalue weighted by molar-refractivity contribution is 5.93. The summed E-state index contributed by atoms with van der Waals surface area (Å²) in [6.07, 6.45) is -1.79. The SMILES string of the molecule is CC(=O)C1(CN2CCCC2)c2cccc(O)c2CCN1c1ccc(C(F)(F)F)cc1. The van der Waals surface area contributed by atoms with Crippen LogP contribution < -0.4 is 4.90 Å². The molecule has 0 spiro atoms. The summed E-state index contributed by atoms with van der Waals surface area (Å²) in [5, 5.41) is 10.4. The molecule has 0 aliphatic carbocycles. The number of phenolic OH excluding ortho intramolecular Hbond substituents is 1. The molecule has 0 aromatic heterocycles. The summed E-state index contributed by atoms with van der Waals surface area (Å²) in [6, 6.07) is 10.2. The number of hydrogen-bond acceptors (Lipinski definition) is 4. The highest BCUT2D eigenvalue weighted by Crippen LogP contribution is 2.44. The highest BCUT2D eigenvalue weighted by Gasteiger charge is 2.49. The van der Waals surface area contributed by atoms with Gasteiger partial charge in [0.1, 0.15) is 11.3 Å². The molecule has 7 heteroatoms. The zero-order chi connectivity index (χ0) is 21.5. The lowest BCUT2D eigenvalue weighted by molar-refractivity contribution is -0.137. The second-order valence-corrected chi connectivity index (χ2v) is 8.15. The molecular weight excluding hydrogens is 393 g/mol. The van der Waals surface area contributed by atoms with Crippen LogP contribution in [-0.4, -0.2) is 42.0 Å². The van der Waals surface area contributed by atoms with Crippen molar-refractivity contribution in [2.75, 3.05) is 31.1 Å². The zero-order valence-corrected chi connectivity index (χ0v) is 16.9. The number of anilines is 1. The Morgan fingerprint density at radius 1 is 1.07 bits per heavy atom. The Morgan fingerprint density at radius 2 is 1.73 bits per heavy atom. The number of carbonyl (C=O) groups excluding carboxylic acids is 1. The van der Waals surface area contributed by atoms with Crippen LogP contribution in [-0.2, 0) is 22.9 Å². The van der Waals surface area contributed by atoms with Gasteiger partial charge in [-0.3, -0.25) is 4.79 Å². The van der Waals surface area contributed by atoms with Gasteiger partial charge in [-0.2, -0.15) is 13.2 Å². The molecule has 30 heavy (non-hydrogen) atoms. The maximum atomic E-state index is 13.3. The van der Waals surface area contributed by atoms with Gasteiger partial charge in [0.25, 0.3) is 0 Å². The van der Waals surface area contributed by atoms with E-state index in [-0.39, 0.29) is 11.5 Å². The minimum Gasteiger partial charge on any atom is -0.508 e. The molecule has 1 unspecified atom stereocenters. The van der Waals surface area contributed by atoms with Crippen LogP contribution in [0.15, 0.2) is 42.5 Å². The Morgan fingerprint density at radius 3 is 2.33 bits per heavy atom. The third kappa shape index (κ3) is 3.45. The fourth-order valence-electron chi connectivity index (χ4n) is 4.89. The number of rotatable bonds is 4. The van der Waals surface area contributed by atoms with Gasteiger partial charge in [0.15, 0.2) is 5.78 Å². The number of fused-ring (bicyclic) bond motifs is 1. The number of phenols is 1. The topological polar surface area (TPSA) is 43.8 Å². The van der Waals surface area contributed by atoms with E-state index in [0.717, 1.165) is 49.2 Å². The second-order valence-electron chi connectivity index (χ2n) is 8.15. The quantitative estimate of drug-likeness (QED) is 0.802. The molecule has 4 rings (SSSR count). The van der Waals surface area contributed by atoms with Gasteiger partial charge in [0.2, 0.25) is 0 Å². The summed E-state index contributed by atoms with van der Waals surface area (Å²) < 4.78 is 39.2. The number of Topliss-reactive ketones (excluding diaryl/α,β-unsaturated/α-hetero) is 1. The van der Waals surface area contributed by atoms with Gasteiger partial charge in [-0.05, 0) is 75.2 Å². The normalized spacial score (nSPS) is 22.2. The standard InChI is InChI=1S/C23H25F3N2O2/c1-16(29)22(15-27-12-2-3-13-27)20-5-4-6-21(30)19(20)11-14-28(22)18-9-7-17(8-10-18)23(24,25)26/h4-10,30H,2-3,11-15H2,1H3. The first-order chi connectivity index (χ1) is 14.2. The number of aromatic hydroxyl groups is 1. The Labute approximate surface area is 173 Å². The number of carbonyl (C=O) groups is 1. The molecular formula is C23H25F3N2O2. The zero-order valence-electron chi connectivity index (χ0n) is 16.9. The number of likely N-dealkylation sites (tertiary alicyclic amines) is 1. The van der Waals surface area contributed by atoms with Crippen molar-refractivity contribution in [3.8, 4) is 5.75 Å². The largest absolute Gasteiger partial charge is 0.508 e. The number of benzene rings is 2. The number of alkyl halides is 3. The van der Waals surface area contributed by atoms with Gasteiger partial charge in [0, 0.05) is 24.3 Å². The minimum atomic E-state index is -4.41. The van der Waals surface area contributed by atoms with Crippen molar-refractivity contribution in [2.45, 2.75) is 37.9 Å². The fraction of sp³-hybridized carbons (Fsp3) is 0.435. The second kappa shape index (κ2) is 7.61. The van der Waals surface area contributed by atoms with Crippen molar-refractivity contribution in [2.24, 2.45) is 0 Å². The van der Waals surface area contributed by atoms with Gasteiger partial charge < -0.3 is 14.9 Å². The van der Waals surface area contributed by atoms with E-state index in [1.807, 2.05) is 11.0 Å². The van der Waals surface area contributed by atoms with Crippen LogP contribution >= 0.6 is 0 Å². The maximum Gasteiger partial charge on any atom is 0.416 e. The molecule has 2 aromatic rings. The predicted molar refractivity (Wildman–Crippen MR) is 109 cm³/mol. The number of ketones is 1.